The number of nitrogens with zero attached hydrogens (tertiary/aromatic N) is 1. The Morgan fingerprint density at radius 1 is 1.03 bits per heavy atom. The van der Waals surface area contributed by atoms with Crippen molar-refractivity contribution in [3.8, 4) is 0 Å². The highest BCUT2D eigenvalue weighted by Gasteiger charge is 2.14. The number of para-hydroxylation sites is 1. The highest BCUT2D eigenvalue weighted by molar-refractivity contribution is 5.97. The summed E-state index contributed by atoms with van der Waals surface area (Å²) in [6.45, 7) is 3.59. The van der Waals surface area contributed by atoms with Crippen molar-refractivity contribution in [1.29, 1.82) is 0 Å². The lowest BCUT2D eigenvalue weighted by atomic mass is 10.1. The number of fused-ring (bicyclic) bond motifs is 1. The van der Waals surface area contributed by atoms with Crippen LogP contribution in [0.1, 0.15) is 40.7 Å². The van der Waals surface area contributed by atoms with Crippen LogP contribution in [0, 0.1) is 5.82 Å². The maximum atomic E-state index is 13.8. The molecule has 0 atom stereocenters. The van der Waals surface area contributed by atoms with Crippen molar-refractivity contribution in [2.75, 3.05) is 13.1 Å². The standard InChI is InChI=1S/C23H24FN3O2/c24-20-6-4-5-18-21(20)25-14-19(22(18)28)23(29)26-13-16-7-9-17(10-8-16)15-27-11-2-1-3-12-27/h4-10,14H,1-3,11-13,15H2,(H,25,28)(H,26,29). The SMILES string of the molecule is O=C(NCc1ccc(CN2CCCCC2)cc1)c1c[nH]c2c(F)cccc2c1=O. The number of carbonyl (C=O) groups is 1. The molecule has 2 heterocycles. The Labute approximate surface area is 168 Å². The summed E-state index contributed by atoms with van der Waals surface area (Å²) in [6, 6.07) is 12.4. The highest BCUT2D eigenvalue weighted by atomic mass is 19.1. The number of halogens is 1. The quantitative estimate of drug-likeness (QED) is 0.696. The van der Waals surface area contributed by atoms with Gasteiger partial charge in [0.25, 0.3) is 5.91 Å². The fourth-order valence-electron chi connectivity index (χ4n) is 3.80. The van der Waals surface area contributed by atoms with E-state index in [9.17, 15) is 14.0 Å². The Bertz CT molecular complexity index is 1070. The van der Waals surface area contributed by atoms with Crippen molar-refractivity contribution in [3.05, 3.63) is 81.4 Å². The van der Waals surface area contributed by atoms with Crippen molar-refractivity contribution in [3.63, 3.8) is 0 Å². The number of hydrogen-bond acceptors (Lipinski definition) is 3. The minimum Gasteiger partial charge on any atom is -0.358 e. The summed E-state index contributed by atoms with van der Waals surface area (Å²) < 4.78 is 13.8. The molecule has 0 aliphatic carbocycles. The third-order valence-electron chi connectivity index (χ3n) is 5.44. The number of rotatable bonds is 5. The first-order valence-corrected chi connectivity index (χ1v) is 10.00. The van der Waals surface area contributed by atoms with E-state index < -0.39 is 17.2 Å². The van der Waals surface area contributed by atoms with Crippen LogP contribution in [0.15, 0.2) is 53.5 Å². The molecule has 1 aliphatic heterocycles. The van der Waals surface area contributed by atoms with Gasteiger partial charge in [-0.25, -0.2) is 4.39 Å². The van der Waals surface area contributed by atoms with Gasteiger partial charge in [-0.15, -0.1) is 0 Å². The molecule has 0 bridgehead atoms. The van der Waals surface area contributed by atoms with Gasteiger partial charge >= 0.3 is 0 Å². The van der Waals surface area contributed by atoms with E-state index >= 15 is 0 Å². The predicted octanol–water partition coefficient (Wildman–Crippen LogP) is 3.58. The zero-order valence-electron chi connectivity index (χ0n) is 16.2. The molecular formula is C23H24FN3O2. The second-order valence-electron chi connectivity index (χ2n) is 7.53. The monoisotopic (exact) mass is 393 g/mol. The van der Waals surface area contributed by atoms with Crippen LogP contribution in [0.3, 0.4) is 0 Å². The van der Waals surface area contributed by atoms with Gasteiger partial charge in [-0.1, -0.05) is 36.8 Å². The topological polar surface area (TPSA) is 65.2 Å². The Morgan fingerprint density at radius 3 is 2.52 bits per heavy atom. The molecule has 150 valence electrons. The van der Waals surface area contributed by atoms with E-state index in [1.165, 1.54) is 49.2 Å². The average Bonchev–Trinajstić information content (AvgIpc) is 2.75. The van der Waals surface area contributed by atoms with E-state index in [1.807, 2.05) is 12.1 Å². The first kappa shape index (κ1) is 19.3. The van der Waals surface area contributed by atoms with Crippen LogP contribution < -0.4 is 10.7 Å². The summed E-state index contributed by atoms with van der Waals surface area (Å²) in [5, 5.41) is 2.94. The van der Waals surface area contributed by atoms with Crippen molar-refractivity contribution in [2.24, 2.45) is 0 Å². The van der Waals surface area contributed by atoms with Crippen LogP contribution in [0.5, 0.6) is 0 Å². The summed E-state index contributed by atoms with van der Waals surface area (Å²) in [5.74, 6) is -0.994. The Kier molecular flexibility index (Phi) is 5.71. The maximum absolute atomic E-state index is 13.8. The van der Waals surface area contributed by atoms with Crippen LogP contribution >= 0.6 is 0 Å². The lowest BCUT2D eigenvalue weighted by Crippen LogP contribution is -2.29. The number of pyridine rings is 1. The molecule has 6 heteroatoms. The van der Waals surface area contributed by atoms with Crippen LogP contribution in [-0.4, -0.2) is 28.9 Å². The number of H-pyrrole nitrogens is 1. The lowest BCUT2D eigenvalue weighted by Gasteiger charge is -2.26. The van der Waals surface area contributed by atoms with Crippen LogP contribution in [0.4, 0.5) is 4.39 Å². The molecule has 2 aromatic carbocycles. The highest BCUT2D eigenvalue weighted by Crippen LogP contribution is 2.14. The minimum atomic E-state index is -0.517. The second kappa shape index (κ2) is 8.57. The number of aromatic nitrogens is 1. The number of benzene rings is 2. The summed E-state index contributed by atoms with van der Waals surface area (Å²) in [6.07, 6.45) is 5.13. The summed E-state index contributed by atoms with van der Waals surface area (Å²) >= 11 is 0. The van der Waals surface area contributed by atoms with Crippen LogP contribution in [0.25, 0.3) is 10.9 Å². The number of amides is 1. The normalized spacial score (nSPS) is 14.8. The summed E-state index contributed by atoms with van der Waals surface area (Å²) in [7, 11) is 0. The Balaban J connectivity index is 1.40. The van der Waals surface area contributed by atoms with Gasteiger partial charge in [0.1, 0.15) is 11.4 Å². The van der Waals surface area contributed by atoms with Crippen molar-refractivity contribution >= 4 is 16.8 Å². The van der Waals surface area contributed by atoms with E-state index in [1.54, 1.807) is 0 Å². The summed E-state index contributed by atoms with van der Waals surface area (Å²) in [4.78, 5) is 30.2. The third-order valence-corrected chi connectivity index (χ3v) is 5.44. The molecule has 1 saturated heterocycles. The van der Waals surface area contributed by atoms with E-state index in [4.69, 9.17) is 0 Å². The number of aromatic amines is 1. The van der Waals surface area contributed by atoms with E-state index in [-0.39, 0.29) is 16.5 Å². The molecule has 1 aliphatic rings. The maximum Gasteiger partial charge on any atom is 0.257 e. The van der Waals surface area contributed by atoms with Gasteiger partial charge in [0.05, 0.1) is 5.52 Å². The molecule has 0 spiro atoms. The molecule has 4 rings (SSSR count). The molecule has 1 aromatic heterocycles. The van der Waals surface area contributed by atoms with E-state index in [0.29, 0.717) is 6.54 Å². The van der Waals surface area contributed by atoms with Crippen molar-refractivity contribution in [2.45, 2.75) is 32.4 Å². The van der Waals surface area contributed by atoms with E-state index in [0.717, 1.165) is 25.2 Å². The molecule has 0 saturated carbocycles. The zero-order valence-corrected chi connectivity index (χ0v) is 16.2. The largest absolute Gasteiger partial charge is 0.358 e. The minimum absolute atomic E-state index is 0.0233. The number of carbonyl (C=O) groups excluding carboxylic acids is 1. The van der Waals surface area contributed by atoms with Crippen LogP contribution in [-0.2, 0) is 13.1 Å². The molecular weight excluding hydrogens is 369 g/mol. The van der Waals surface area contributed by atoms with Gasteiger partial charge in [0.15, 0.2) is 0 Å². The average molecular weight is 393 g/mol. The third kappa shape index (κ3) is 4.38. The zero-order chi connectivity index (χ0) is 20.2. The molecule has 3 aromatic rings. The molecule has 29 heavy (non-hydrogen) atoms. The molecule has 0 radical (unpaired) electrons. The van der Waals surface area contributed by atoms with Gasteiger partial charge in [-0.3, -0.25) is 14.5 Å². The van der Waals surface area contributed by atoms with Crippen molar-refractivity contribution in [1.82, 2.24) is 15.2 Å². The Morgan fingerprint density at radius 2 is 1.76 bits per heavy atom. The lowest BCUT2D eigenvalue weighted by molar-refractivity contribution is 0.0949. The van der Waals surface area contributed by atoms with Gasteiger partial charge in [-0.2, -0.15) is 0 Å². The predicted molar refractivity (Wildman–Crippen MR) is 111 cm³/mol. The fraction of sp³-hybridized carbons (Fsp3) is 0.304. The van der Waals surface area contributed by atoms with Crippen molar-refractivity contribution < 1.29 is 9.18 Å². The Hall–Kier alpha value is -2.99. The summed E-state index contributed by atoms with van der Waals surface area (Å²) in [5.41, 5.74) is 1.83. The number of piperidine rings is 1. The van der Waals surface area contributed by atoms with Gasteiger partial charge in [0, 0.05) is 24.7 Å². The number of nitrogens with one attached hydrogen (secondary N) is 2. The van der Waals surface area contributed by atoms with Crippen LogP contribution in [0.2, 0.25) is 0 Å². The molecule has 1 fully saturated rings. The first-order chi connectivity index (χ1) is 14.1. The number of hydrogen-bond donors (Lipinski definition) is 2. The molecule has 1 amide bonds. The second-order valence-corrected chi connectivity index (χ2v) is 7.53. The van der Waals surface area contributed by atoms with Gasteiger partial charge < -0.3 is 10.3 Å². The van der Waals surface area contributed by atoms with Gasteiger partial charge in [0.2, 0.25) is 5.43 Å². The molecule has 0 unspecified atom stereocenters. The first-order valence-electron chi connectivity index (χ1n) is 10.00. The smallest absolute Gasteiger partial charge is 0.257 e. The molecule has 5 nitrogen and oxygen atoms in total. The molecule has 2 N–H and O–H groups in total. The fourth-order valence-corrected chi connectivity index (χ4v) is 3.80. The van der Waals surface area contributed by atoms with Gasteiger partial charge in [-0.05, 0) is 49.2 Å². The number of likely N-dealkylation sites (tertiary alicyclic amines) is 1. The van der Waals surface area contributed by atoms with E-state index in [2.05, 4.69) is 27.3 Å².